The molecule has 10 heavy (non-hydrogen) atoms. The van der Waals surface area contributed by atoms with E-state index in [-0.39, 0.29) is 0 Å². The van der Waals surface area contributed by atoms with Crippen LogP contribution >= 0.6 is 11.8 Å². The lowest BCUT2D eigenvalue weighted by Gasteiger charge is -1.75. The lowest BCUT2D eigenvalue weighted by molar-refractivity contribution is 0.906. The first-order valence-electron chi connectivity index (χ1n) is 2.91. The van der Waals surface area contributed by atoms with Gasteiger partial charge >= 0.3 is 0 Å². The molecule has 3 nitrogen and oxygen atoms in total. The van der Waals surface area contributed by atoms with Gasteiger partial charge in [-0.3, -0.25) is 4.99 Å². The van der Waals surface area contributed by atoms with Crippen molar-refractivity contribution in [2.24, 2.45) is 10.1 Å². The first kappa shape index (κ1) is 12.2. The van der Waals surface area contributed by atoms with Crippen molar-refractivity contribution in [3.05, 3.63) is 0 Å². The lowest BCUT2D eigenvalue weighted by Crippen LogP contribution is -1.90. The zero-order valence-corrected chi connectivity index (χ0v) is 7.77. The van der Waals surface area contributed by atoms with Crippen LogP contribution in [-0.4, -0.2) is 32.1 Å². The van der Waals surface area contributed by atoms with Gasteiger partial charge in [0.1, 0.15) is 0 Å². The highest BCUT2D eigenvalue weighted by Gasteiger charge is 1.52. The molecule has 0 saturated heterocycles. The van der Waals surface area contributed by atoms with Crippen LogP contribution in [0.15, 0.2) is 10.1 Å². The third-order valence-electron chi connectivity index (χ3n) is 0.469. The number of hydrogen-bond donors (Lipinski definition) is 1. The average Bonchev–Trinajstić information content (AvgIpc) is 1.93. The third-order valence-corrected chi connectivity index (χ3v) is 0.891. The zero-order chi connectivity index (χ0) is 8.24. The van der Waals surface area contributed by atoms with E-state index in [0.717, 1.165) is 0 Å². The molecule has 60 valence electrons. The van der Waals surface area contributed by atoms with Gasteiger partial charge in [-0.15, -0.1) is 11.8 Å². The summed E-state index contributed by atoms with van der Waals surface area (Å²) in [7, 11) is 3.52. The molecule has 0 rings (SSSR count). The summed E-state index contributed by atoms with van der Waals surface area (Å²) < 4.78 is 0. The van der Waals surface area contributed by atoms with Crippen LogP contribution in [0.3, 0.4) is 0 Å². The second kappa shape index (κ2) is 15.8. The monoisotopic (exact) mass is 161 g/mol. The maximum absolute atomic E-state index is 3.69. The van der Waals surface area contributed by atoms with Gasteiger partial charge < -0.3 is 5.43 Å². The Kier molecular flexibility index (Phi) is 19.3. The SMILES string of the molecule is C/C=N\NC.CN=CSC. The van der Waals surface area contributed by atoms with E-state index in [1.54, 1.807) is 37.6 Å². The van der Waals surface area contributed by atoms with E-state index in [1.165, 1.54) is 0 Å². The highest BCUT2D eigenvalue weighted by atomic mass is 32.2. The molecule has 0 saturated carbocycles. The number of hydrogen-bond acceptors (Lipinski definition) is 4. The molecule has 0 heterocycles. The second-order valence-corrected chi connectivity index (χ2v) is 1.89. The molecule has 0 fully saturated rings. The van der Waals surface area contributed by atoms with Gasteiger partial charge in [0.25, 0.3) is 0 Å². The van der Waals surface area contributed by atoms with Crippen molar-refractivity contribution in [1.82, 2.24) is 5.43 Å². The maximum Gasteiger partial charge on any atom is 0.0534 e. The maximum atomic E-state index is 3.69. The summed E-state index contributed by atoms with van der Waals surface area (Å²) in [6, 6.07) is 0. The molecule has 0 bridgehead atoms. The Morgan fingerprint density at radius 1 is 1.50 bits per heavy atom. The van der Waals surface area contributed by atoms with Gasteiger partial charge in [-0.05, 0) is 13.2 Å². The number of rotatable bonds is 2. The van der Waals surface area contributed by atoms with E-state index in [4.69, 9.17) is 0 Å². The standard InChI is InChI=1S/C3H8N2.C3H7NS/c1-3-5-4-2;1-4-3-5-2/h3-4H,1-2H3;3H,1-2H3/b5-3-;. The molecule has 0 amide bonds. The second-order valence-electron chi connectivity index (χ2n) is 1.21. The number of nitrogens with one attached hydrogen (secondary N) is 1. The van der Waals surface area contributed by atoms with Crippen molar-refractivity contribution in [1.29, 1.82) is 0 Å². The van der Waals surface area contributed by atoms with Gasteiger partial charge in [0.05, 0.1) is 5.55 Å². The first-order chi connectivity index (χ1) is 4.83. The highest BCUT2D eigenvalue weighted by Crippen LogP contribution is 1.78. The normalized spacial score (nSPS) is 9.60. The predicted octanol–water partition coefficient (Wildman–Crippen LogP) is 1.22. The van der Waals surface area contributed by atoms with Crippen molar-refractivity contribution in [2.75, 3.05) is 20.4 Å². The minimum Gasteiger partial charge on any atom is -0.313 e. The van der Waals surface area contributed by atoms with Crippen LogP contribution in [0.5, 0.6) is 0 Å². The molecule has 0 aliphatic rings. The quantitative estimate of drug-likeness (QED) is 0.375. The number of nitrogens with zero attached hydrogens (tertiary/aromatic N) is 2. The molecule has 1 N–H and O–H groups in total. The molecule has 4 heteroatoms. The average molecular weight is 161 g/mol. The van der Waals surface area contributed by atoms with Gasteiger partial charge in [0.2, 0.25) is 0 Å². The highest BCUT2D eigenvalue weighted by molar-refractivity contribution is 8.11. The molecule has 0 atom stereocenters. The molecular formula is C6H15N3S. The fourth-order valence-electron chi connectivity index (χ4n) is 0.235. The molecular weight excluding hydrogens is 146 g/mol. The smallest absolute Gasteiger partial charge is 0.0534 e. The topological polar surface area (TPSA) is 36.8 Å². The van der Waals surface area contributed by atoms with Crippen LogP contribution in [0.1, 0.15) is 6.92 Å². The summed E-state index contributed by atoms with van der Waals surface area (Å²) in [6.07, 6.45) is 3.67. The summed E-state index contributed by atoms with van der Waals surface area (Å²) in [5, 5.41) is 3.60. The first-order valence-corrected chi connectivity index (χ1v) is 4.20. The molecule has 0 spiro atoms. The van der Waals surface area contributed by atoms with Crippen LogP contribution in [0, 0.1) is 0 Å². The fraction of sp³-hybridized carbons (Fsp3) is 0.667. The van der Waals surface area contributed by atoms with Gasteiger partial charge in [-0.1, -0.05) is 0 Å². The van der Waals surface area contributed by atoms with E-state index < -0.39 is 0 Å². The molecule has 0 aliphatic carbocycles. The summed E-state index contributed by atoms with van der Waals surface area (Å²) in [6.45, 7) is 1.86. The Morgan fingerprint density at radius 2 is 2.10 bits per heavy atom. The number of aliphatic imine (C=N–C) groups is 1. The van der Waals surface area contributed by atoms with Crippen molar-refractivity contribution < 1.29 is 0 Å². The molecule has 0 aromatic heterocycles. The van der Waals surface area contributed by atoms with E-state index in [2.05, 4.69) is 15.5 Å². The van der Waals surface area contributed by atoms with E-state index >= 15 is 0 Å². The van der Waals surface area contributed by atoms with Crippen molar-refractivity contribution in [3.8, 4) is 0 Å². The fourth-order valence-corrected chi connectivity index (χ4v) is 0.445. The lowest BCUT2D eigenvalue weighted by atomic mass is 10.9. The largest absolute Gasteiger partial charge is 0.313 e. The van der Waals surface area contributed by atoms with Crippen molar-refractivity contribution in [2.45, 2.75) is 6.92 Å². The molecule has 0 radical (unpaired) electrons. The summed E-state index contributed by atoms with van der Waals surface area (Å²) in [5.41, 5.74) is 4.38. The summed E-state index contributed by atoms with van der Waals surface area (Å²) in [5.74, 6) is 0. The summed E-state index contributed by atoms with van der Waals surface area (Å²) in [4.78, 5) is 3.69. The van der Waals surface area contributed by atoms with Gasteiger partial charge in [0.15, 0.2) is 0 Å². The van der Waals surface area contributed by atoms with Gasteiger partial charge in [0, 0.05) is 20.3 Å². The zero-order valence-electron chi connectivity index (χ0n) is 6.96. The Hall–Kier alpha value is -0.510. The van der Waals surface area contributed by atoms with Crippen LogP contribution in [0.4, 0.5) is 0 Å². The third kappa shape index (κ3) is 25.9. The van der Waals surface area contributed by atoms with E-state index in [0.29, 0.717) is 0 Å². The Balaban J connectivity index is 0. The van der Waals surface area contributed by atoms with Gasteiger partial charge in [-0.2, -0.15) is 5.10 Å². The van der Waals surface area contributed by atoms with Gasteiger partial charge in [-0.25, -0.2) is 0 Å². The number of thioether (sulfide) groups is 1. The minimum atomic E-state index is 1.61. The molecule has 0 aromatic rings. The van der Waals surface area contributed by atoms with Crippen LogP contribution in [-0.2, 0) is 0 Å². The van der Waals surface area contributed by atoms with E-state index in [9.17, 15) is 0 Å². The molecule has 0 aliphatic heterocycles. The van der Waals surface area contributed by atoms with Crippen molar-refractivity contribution in [3.63, 3.8) is 0 Å². The Labute approximate surface area is 67.0 Å². The Bertz CT molecular complexity index is 79.0. The van der Waals surface area contributed by atoms with Crippen LogP contribution in [0.2, 0.25) is 0 Å². The Morgan fingerprint density at radius 3 is 2.10 bits per heavy atom. The van der Waals surface area contributed by atoms with E-state index in [1.807, 2.05) is 13.2 Å². The predicted molar refractivity (Wildman–Crippen MR) is 51.2 cm³/mol. The molecule has 0 unspecified atom stereocenters. The molecule has 0 aromatic carbocycles. The van der Waals surface area contributed by atoms with Crippen LogP contribution in [0.25, 0.3) is 0 Å². The van der Waals surface area contributed by atoms with Crippen LogP contribution < -0.4 is 5.43 Å². The summed E-state index contributed by atoms with van der Waals surface area (Å²) >= 11 is 1.61. The number of hydrazone groups is 1. The van der Waals surface area contributed by atoms with Crippen molar-refractivity contribution >= 4 is 23.5 Å². The minimum absolute atomic E-state index is 1.61.